The number of fused-ring (bicyclic) bond motifs is 9. The van der Waals surface area contributed by atoms with Crippen LogP contribution in [0.1, 0.15) is 52.7 Å². The van der Waals surface area contributed by atoms with E-state index >= 15 is 0 Å². The van der Waals surface area contributed by atoms with Gasteiger partial charge < -0.3 is 0 Å². The van der Waals surface area contributed by atoms with Gasteiger partial charge in [-0.05, 0) is 89.6 Å². The summed E-state index contributed by atoms with van der Waals surface area (Å²) in [4.78, 5) is 0. The summed E-state index contributed by atoms with van der Waals surface area (Å²) in [5.74, 6) is 0. The first-order chi connectivity index (χ1) is 17.1. The molecule has 6 aromatic rings. The van der Waals surface area contributed by atoms with E-state index in [4.69, 9.17) is 0 Å². The maximum atomic E-state index is 2.40. The lowest BCUT2D eigenvalue weighted by Crippen LogP contribution is -2.14. The average molecular weight is 455 g/mol. The first-order valence-electron chi connectivity index (χ1n) is 13.0. The molecule has 0 N–H and O–H groups in total. The van der Waals surface area contributed by atoms with E-state index in [2.05, 4.69) is 111 Å². The van der Waals surface area contributed by atoms with Crippen molar-refractivity contribution in [1.29, 1.82) is 0 Å². The zero-order valence-corrected chi connectivity index (χ0v) is 21.7. The third-order valence-electron chi connectivity index (χ3n) is 7.37. The molecule has 174 valence electrons. The molecule has 0 heteroatoms. The standard InChI is InChI=1S/C31H22.2C2H6/c1-31(2)27-13-11-23-15-19-7-3-5-9-21(19)17-25(23)29(27)30-26-18-22-10-6-4-8-20(22)16-24(26)12-14-28(30)31;2*1-2/h3-18H,1-2H3;2*1-2H3. The third kappa shape index (κ3) is 3.43. The zero-order valence-electron chi connectivity index (χ0n) is 21.7. The maximum absolute atomic E-state index is 2.40. The molecular formula is C35H34. The van der Waals surface area contributed by atoms with E-state index in [0.717, 1.165) is 0 Å². The van der Waals surface area contributed by atoms with Crippen LogP contribution in [0.15, 0.2) is 97.1 Å². The minimum absolute atomic E-state index is 0.00959. The summed E-state index contributed by atoms with van der Waals surface area (Å²) < 4.78 is 0. The Hall–Kier alpha value is -3.64. The van der Waals surface area contributed by atoms with Crippen LogP contribution in [-0.4, -0.2) is 0 Å². The molecule has 1 aliphatic carbocycles. The molecule has 0 spiro atoms. The third-order valence-corrected chi connectivity index (χ3v) is 7.37. The summed E-state index contributed by atoms with van der Waals surface area (Å²) in [6.45, 7) is 12.7. The van der Waals surface area contributed by atoms with Crippen LogP contribution < -0.4 is 0 Å². The van der Waals surface area contributed by atoms with Crippen LogP contribution in [-0.2, 0) is 5.41 Å². The van der Waals surface area contributed by atoms with Gasteiger partial charge in [0.15, 0.2) is 0 Å². The lowest BCUT2D eigenvalue weighted by molar-refractivity contribution is 0.661. The van der Waals surface area contributed by atoms with Crippen LogP contribution in [0, 0.1) is 0 Å². The lowest BCUT2D eigenvalue weighted by atomic mass is 9.81. The summed E-state index contributed by atoms with van der Waals surface area (Å²) in [6, 6.07) is 36.2. The molecule has 35 heavy (non-hydrogen) atoms. The van der Waals surface area contributed by atoms with Gasteiger partial charge in [-0.1, -0.05) is 114 Å². The highest BCUT2D eigenvalue weighted by Gasteiger charge is 2.37. The summed E-state index contributed by atoms with van der Waals surface area (Å²) in [5, 5.41) is 10.6. The molecule has 0 saturated carbocycles. The minimum atomic E-state index is -0.00959. The van der Waals surface area contributed by atoms with Crippen molar-refractivity contribution in [1.82, 2.24) is 0 Å². The number of hydrogen-bond donors (Lipinski definition) is 0. The van der Waals surface area contributed by atoms with Crippen molar-refractivity contribution in [2.75, 3.05) is 0 Å². The molecule has 0 fully saturated rings. The topological polar surface area (TPSA) is 0 Å². The molecule has 0 radical (unpaired) electrons. The quantitative estimate of drug-likeness (QED) is 0.200. The number of rotatable bonds is 0. The van der Waals surface area contributed by atoms with Gasteiger partial charge in [0, 0.05) is 5.41 Å². The first kappa shape index (κ1) is 23.1. The molecule has 0 atom stereocenters. The Bertz CT molecular complexity index is 1570. The summed E-state index contributed by atoms with van der Waals surface area (Å²) >= 11 is 0. The smallest absolute Gasteiger partial charge is 0.0159 e. The Morgan fingerprint density at radius 2 is 0.743 bits per heavy atom. The Labute approximate surface area is 209 Å². The van der Waals surface area contributed by atoms with E-state index in [1.165, 1.54) is 65.3 Å². The average Bonchev–Trinajstić information content (AvgIpc) is 3.15. The highest BCUT2D eigenvalue weighted by atomic mass is 14.4. The van der Waals surface area contributed by atoms with Gasteiger partial charge in [-0.2, -0.15) is 0 Å². The van der Waals surface area contributed by atoms with Crippen molar-refractivity contribution < 1.29 is 0 Å². The van der Waals surface area contributed by atoms with Gasteiger partial charge in [0.05, 0.1) is 0 Å². The molecule has 6 aromatic carbocycles. The molecule has 1 aliphatic rings. The summed E-state index contributed by atoms with van der Waals surface area (Å²) in [7, 11) is 0. The fourth-order valence-electron chi connectivity index (χ4n) is 5.75. The molecule has 0 heterocycles. The van der Waals surface area contributed by atoms with Crippen LogP contribution in [0.4, 0.5) is 0 Å². The number of benzene rings is 6. The Morgan fingerprint density at radius 3 is 1.11 bits per heavy atom. The van der Waals surface area contributed by atoms with Gasteiger partial charge in [-0.15, -0.1) is 0 Å². The molecule has 0 bridgehead atoms. The van der Waals surface area contributed by atoms with Crippen molar-refractivity contribution in [3.8, 4) is 11.1 Å². The Balaban J connectivity index is 0.000000605. The summed E-state index contributed by atoms with van der Waals surface area (Å²) in [5.41, 5.74) is 5.70. The van der Waals surface area contributed by atoms with E-state index in [9.17, 15) is 0 Å². The van der Waals surface area contributed by atoms with Crippen molar-refractivity contribution in [3.63, 3.8) is 0 Å². The van der Waals surface area contributed by atoms with Gasteiger partial charge in [0.2, 0.25) is 0 Å². The Morgan fingerprint density at radius 1 is 0.400 bits per heavy atom. The lowest BCUT2D eigenvalue weighted by Gasteiger charge is -2.21. The Kier molecular flexibility index (Phi) is 5.85. The van der Waals surface area contributed by atoms with Gasteiger partial charge >= 0.3 is 0 Å². The molecule has 0 nitrogen and oxygen atoms in total. The van der Waals surface area contributed by atoms with Gasteiger partial charge in [0.1, 0.15) is 0 Å². The largest absolute Gasteiger partial charge is 0.0683 e. The van der Waals surface area contributed by atoms with Crippen molar-refractivity contribution in [2.24, 2.45) is 0 Å². The second-order valence-electron chi connectivity index (χ2n) is 9.44. The van der Waals surface area contributed by atoms with Crippen LogP contribution in [0.5, 0.6) is 0 Å². The van der Waals surface area contributed by atoms with Crippen LogP contribution in [0.3, 0.4) is 0 Å². The fourth-order valence-corrected chi connectivity index (χ4v) is 5.75. The zero-order chi connectivity index (χ0) is 24.7. The minimum Gasteiger partial charge on any atom is -0.0683 e. The van der Waals surface area contributed by atoms with E-state index in [-0.39, 0.29) is 5.41 Å². The van der Waals surface area contributed by atoms with E-state index in [0.29, 0.717) is 0 Å². The van der Waals surface area contributed by atoms with Crippen LogP contribution >= 0.6 is 0 Å². The van der Waals surface area contributed by atoms with E-state index in [1.807, 2.05) is 27.7 Å². The van der Waals surface area contributed by atoms with Crippen molar-refractivity contribution in [3.05, 3.63) is 108 Å². The monoisotopic (exact) mass is 454 g/mol. The normalized spacial score (nSPS) is 13.1. The molecule has 0 aliphatic heterocycles. The van der Waals surface area contributed by atoms with Crippen molar-refractivity contribution >= 4 is 43.1 Å². The fraction of sp³-hybridized carbons (Fsp3) is 0.200. The van der Waals surface area contributed by atoms with Crippen molar-refractivity contribution in [2.45, 2.75) is 47.0 Å². The molecule has 7 rings (SSSR count). The summed E-state index contributed by atoms with van der Waals surface area (Å²) in [6.07, 6.45) is 0. The molecule has 0 saturated heterocycles. The molecule has 0 unspecified atom stereocenters. The molecular weight excluding hydrogens is 420 g/mol. The van der Waals surface area contributed by atoms with Crippen LogP contribution in [0.25, 0.3) is 54.2 Å². The van der Waals surface area contributed by atoms with Gasteiger partial charge in [-0.3, -0.25) is 0 Å². The predicted octanol–water partition coefficient (Wildman–Crippen LogP) is 10.7. The maximum Gasteiger partial charge on any atom is 0.0159 e. The second-order valence-corrected chi connectivity index (χ2v) is 9.44. The van der Waals surface area contributed by atoms with E-state index < -0.39 is 0 Å². The molecule has 0 amide bonds. The highest BCUT2D eigenvalue weighted by Crippen LogP contribution is 2.54. The molecule has 0 aromatic heterocycles. The number of hydrogen-bond acceptors (Lipinski definition) is 0. The first-order valence-corrected chi connectivity index (χ1v) is 13.0. The SMILES string of the molecule is CC.CC.CC1(C)c2ccc3cc4ccccc4cc3c2-c2c1ccc1cc3ccccc3cc21. The predicted molar refractivity (Wildman–Crippen MR) is 157 cm³/mol. The highest BCUT2D eigenvalue weighted by molar-refractivity contribution is 6.15. The van der Waals surface area contributed by atoms with Gasteiger partial charge in [-0.25, -0.2) is 0 Å². The second kappa shape index (κ2) is 8.86. The van der Waals surface area contributed by atoms with Gasteiger partial charge in [0.25, 0.3) is 0 Å². The van der Waals surface area contributed by atoms with E-state index in [1.54, 1.807) is 0 Å². The van der Waals surface area contributed by atoms with Crippen LogP contribution in [0.2, 0.25) is 0 Å².